The van der Waals surface area contributed by atoms with E-state index in [4.69, 9.17) is 4.84 Å². The smallest absolute Gasteiger partial charge is 0.279 e. The molecule has 1 aromatic rings. The van der Waals surface area contributed by atoms with Crippen LogP contribution in [0.1, 0.15) is 37.9 Å². The van der Waals surface area contributed by atoms with Gasteiger partial charge in [0.15, 0.2) is 0 Å². The molecule has 3 rings (SSSR count). The number of nitrogens with zero attached hydrogens (tertiary/aromatic N) is 3. The Balaban J connectivity index is 1.59. The summed E-state index contributed by atoms with van der Waals surface area (Å²) in [5.74, 6) is 1.04. The largest absolute Gasteiger partial charge is 0.346 e. The zero-order valence-electron chi connectivity index (χ0n) is 11.5. The monoisotopic (exact) mass is 280 g/mol. The van der Waals surface area contributed by atoms with Gasteiger partial charge in [-0.2, -0.15) is 5.10 Å². The van der Waals surface area contributed by atoms with Crippen molar-refractivity contribution in [3.8, 4) is 0 Å². The Morgan fingerprint density at radius 3 is 3.00 bits per heavy atom. The minimum absolute atomic E-state index is 0.0799. The number of carbonyl (C=O) groups is 1. The van der Waals surface area contributed by atoms with Crippen LogP contribution in [0.5, 0.6) is 0 Å². The van der Waals surface area contributed by atoms with E-state index in [9.17, 15) is 9.59 Å². The highest BCUT2D eigenvalue weighted by Crippen LogP contribution is 2.28. The van der Waals surface area contributed by atoms with Crippen molar-refractivity contribution >= 4 is 5.91 Å². The van der Waals surface area contributed by atoms with Gasteiger partial charge in [0, 0.05) is 13.0 Å². The molecule has 110 valence electrons. The van der Waals surface area contributed by atoms with Crippen LogP contribution in [0, 0.1) is 5.92 Å². The molecule has 1 aromatic heterocycles. The van der Waals surface area contributed by atoms with Crippen LogP contribution in [0.15, 0.2) is 4.79 Å². The molecular weight excluding hydrogens is 260 g/mol. The number of carbonyl (C=O) groups excluding carboxylic acids is 1. The lowest BCUT2D eigenvalue weighted by Gasteiger charge is -2.04. The molecule has 2 heterocycles. The highest BCUT2D eigenvalue weighted by Gasteiger charge is 2.22. The normalized spacial score (nSPS) is 18.4. The Morgan fingerprint density at radius 2 is 2.20 bits per heavy atom. The summed E-state index contributed by atoms with van der Waals surface area (Å²) in [5.41, 5.74) is 2.18. The number of hydroxylamine groups is 1. The Morgan fingerprint density at radius 1 is 1.35 bits per heavy atom. The van der Waals surface area contributed by atoms with Crippen molar-refractivity contribution in [3.05, 3.63) is 16.3 Å². The molecule has 0 aromatic carbocycles. The Kier molecular flexibility index (Phi) is 3.86. The summed E-state index contributed by atoms with van der Waals surface area (Å²) in [7, 11) is 0. The number of nitrogens with one attached hydrogen (secondary N) is 1. The van der Waals surface area contributed by atoms with Crippen molar-refractivity contribution < 1.29 is 9.63 Å². The van der Waals surface area contributed by atoms with Gasteiger partial charge in [0.25, 0.3) is 5.91 Å². The van der Waals surface area contributed by atoms with Gasteiger partial charge in [-0.05, 0) is 31.6 Å². The Hall–Kier alpha value is -1.63. The van der Waals surface area contributed by atoms with Crippen LogP contribution in [0.4, 0.5) is 0 Å². The molecule has 0 saturated heterocycles. The predicted molar refractivity (Wildman–Crippen MR) is 70.9 cm³/mol. The molecule has 1 N–H and O–H groups in total. The number of aromatic nitrogens is 3. The Labute approximate surface area is 116 Å². The molecule has 1 aliphatic heterocycles. The fourth-order valence-corrected chi connectivity index (χ4v) is 2.42. The third-order valence-electron chi connectivity index (χ3n) is 3.78. The number of hydrogen-bond donors (Lipinski definition) is 1. The fraction of sp³-hybridized carbons (Fsp3) is 0.769. The zero-order valence-corrected chi connectivity index (χ0v) is 11.5. The maximum absolute atomic E-state index is 12.1. The number of aryl methyl sites for hydroxylation is 1. The first kappa shape index (κ1) is 13.4. The summed E-state index contributed by atoms with van der Waals surface area (Å²) < 4.78 is 2.92. The summed E-state index contributed by atoms with van der Waals surface area (Å²) >= 11 is 0. The molecule has 0 radical (unpaired) electrons. The second-order valence-corrected chi connectivity index (χ2v) is 5.60. The highest BCUT2D eigenvalue weighted by molar-refractivity contribution is 5.74. The van der Waals surface area contributed by atoms with E-state index in [2.05, 4.69) is 10.6 Å². The number of fused-ring (bicyclic) bond motifs is 1. The highest BCUT2D eigenvalue weighted by atomic mass is 16.7. The number of rotatable bonds is 5. The summed E-state index contributed by atoms with van der Waals surface area (Å²) in [6, 6.07) is 0. The van der Waals surface area contributed by atoms with Gasteiger partial charge in [0.05, 0.1) is 6.61 Å². The van der Waals surface area contributed by atoms with Gasteiger partial charge >= 0.3 is 5.69 Å². The molecule has 2 aliphatic rings. The molecular formula is C13H20N4O3. The third kappa shape index (κ3) is 3.09. The minimum atomic E-state index is -0.332. The van der Waals surface area contributed by atoms with Gasteiger partial charge in [-0.25, -0.2) is 15.0 Å². The van der Waals surface area contributed by atoms with Crippen molar-refractivity contribution in [2.24, 2.45) is 5.92 Å². The summed E-state index contributed by atoms with van der Waals surface area (Å²) in [4.78, 5) is 28.9. The molecule has 1 saturated carbocycles. The quantitative estimate of drug-likeness (QED) is 0.783. The van der Waals surface area contributed by atoms with Crippen LogP contribution in [-0.4, -0.2) is 26.9 Å². The van der Waals surface area contributed by atoms with Crippen LogP contribution in [0.25, 0.3) is 0 Å². The van der Waals surface area contributed by atoms with Crippen LogP contribution in [-0.2, 0) is 29.1 Å². The molecule has 0 atom stereocenters. The summed E-state index contributed by atoms with van der Waals surface area (Å²) in [6.45, 7) is 1.18. The SMILES string of the molecule is O=C(Cn1nc2n(c1=O)CCCCC2)NOCC1CC1. The van der Waals surface area contributed by atoms with E-state index < -0.39 is 0 Å². The van der Waals surface area contributed by atoms with E-state index in [0.717, 1.165) is 31.5 Å². The van der Waals surface area contributed by atoms with Crippen molar-refractivity contribution in [3.63, 3.8) is 0 Å². The summed E-state index contributed by atoms with van der Waals surface area (Å²) in [6.07, 6.45) is 6.31. The summed E-state index contributed by atoms with van der Waals surface area (Å²) in [5, 5.41) is 4.26. The van der Waals surface area contributed by atoms with Gasteiger partial charge in [-0.3, -0.25) is 14.2 Å². The van der Waals surface area contributed by atoms with Crippen LogP contribution in [0.3, 0.4) is 0 Å². The first-order valence-electron chi connectivity index (χ1n) is 7.31. The predicted octanol–water partition coefficient (Wildman–Crippen LogP) is 0.229. The van der Waals surface area contributed by atoms with Crippen molar-refractivity contribution in [2.75, 3.05) is 6.61 Å². The first-order chi connectivity index (χ1) is 9.74. The Bertz CT molecular complexity index is 544. The number of amides is 1. The molecule has 0 unspecified atom stereocenters. The molecule has 1 amide bonds. The lowest BCUT2D eigenvalue weighted by molar-refractivity contribution is -0.134. The van der Waals surface area contributed by atoms with E-state index in [1.165, 1.54) is 17.5 Å². The zero-order chi connectivity index (χ0) is 13.9. The van der Waals surface area contributed by atoms with Gasteiger partial charge in [-0.15, -0.1) is 0 Å². The average molecular weight is 280 g/mol. The first-order valence-corrected chi connectivity index (χ1v) is 7.31. The molecule has 7 heteroatoms. The van der Waals surface area contributed by atoms with Gasteiger partial charge in [-0.1, -0.05) is 6.42 Å². The maximum Gasteiger partial charge on any atom is 0.346 e. The second kappa shape index (κ2) is 5.78. The lowest BCUT2D eigenvalue weighted by Crippen LogP contribution is -2.34. The molecule has 20 heavy (non-hydrogen) atoms. The number of hydrogen-bond acceptors (Lipinski definition) is 4. The van der Waals surface area contributed by atoms with Gasteiger partial charge < -0.3 is 0 Å². The van der Waals surface area contributed by atoms with E-state index in [1.807, 2.05) is 0 Å². The van der Waals surface area contributed by atoms with Crippen molar-refractivity contribution in [1.29, 1.82) is 0 Å². The van der Waals surface area contributed by atoms with Crippen LogP contribution < -0.4 is 11.2 Å². The van der Waals surface area contributed by atoms with Crippen molar-refractivity contribution in [2.45, 2.75) is 51.6 Å². The van der Waals surface area contributed by atoms with E-state index >= 15 is 0 Å². The molecule has 1 fully saturated rings. The fourth-order valence-electron chi connectivity index (χ4n) is 2.42. The van der Waals surface area contributed by atoms with Gasteiger partial charge in [0.1, 0.15) is 12.4 Å². The van der Waals surface area contributed by atoms with E-state index in [-0.39, 0.29) is 18.1 Å². The van der Waals surface area contributed by atoms with E-state index in [1.54, 1.807) is 4.57 Å². The second-order valence-electron chi connectivity index (χ2n) is 5.60. The topological polar surface area (TPSA) is 78.2 Å². The molecule has 1 aliphatic carbocycles. The standard InChI is InChI=1S/C13H20N4O3/c18-12(15-20-9-10-5-6-10)8-17-13(19)16-7-3-1-2-4-11(16)14-17/h10H,1-9H2,(H,15,18). The van der Waals surface area contributed by atoms with Gasteiger partial charge in [0.2, 0.25) is 0 Å². The minimum Gasteiger partial charge on any atom is -0.279 e. The van der Waals surface area contributed by atoms with Crippen LogP contribution in [0.2, 0.25) is 0 Å². The third-order valence-corrected chi connectivity index (χ3v) is 3.78. The lowest BCUT2D eigenvalue weighted by atomic mass is 10.2. The average Bonchev–Trinajstić information content (AvgIpc) is 3.21. The molecule has 7 nitrogen and oxygen atoms in total. The van der Waals surface area contributed by atoms with Crippen molar-refractivity contribution in [1.82, 2.24) is 19.8 Å². The van der Waals surface area contributed by atoms with E-state index in [0.29, 0.717) is 19.1 Å². The molecule has 0 bridgehead atoms. The maximum atomic E-state index is 12.1. The van der Waals surface area contributed by atoms with Crippen LogP contribution >= 0.6 is 0 Å². The molecule has 0 spiro atoms.